The Morgan fingerprint density at radius 1 is 1.29 bits per heavy atom. The average Bonchev–Trinajstić information content (AvgIpc) is 2.40. The van der Waals surface area contributed by atoms with E-state index in [9.17, 15) is 4.79 Å². The van der Waals surface area contributed by atoms with E-state index in [1.807, 2.05) is 35.2 Å². The minimum atomic E-state index is -0.00131. The summed E-state index contributed by atoms with van der Waals surface area (Å²) < 4.78 is 0. The predicted octanol–water partition coefficient (Wildman–Crippen LogP) is 1.48. The van der Waals surface area contributed by atoms with Gasteiger partial charge in [-0.25, -0.2) is 0 Å². The van der Waals surface area contributed by atoms with Crippen molar-refractivity contribution in [2.24, 2.45) is 0 Å². The van der Waals surface area contributed by atoms with Gasteiger partial charge in [-0.2, -0.15) is 12.6 Å². The Labute approximate surface area is 108 Å². The largest absolute Gasteiger partial charge is 0.340 e. The van der Waals surface area contributed by atoms with Crippen LogP contribution in [0, 0.1) is 0 Å². The first kappa shape index (κ1) is 12.5. The van der Waals surface area contributed by atoms with Crippen LogP contribution < -0.4 is 5.32 Å². The number of piperazine rings is 1. The van der Waals surface area contributed by atoms with Crippen molar-refractivity contribution in [2.45, 2.75) is 11.7 Å². The van der Waals surface area contributed by atoms with E-state index in [1.165, 1.54) is 0 Å². The lowest BCUT2D eigenvalue weighted by Gasteiger charge is -2.28. The van der Waals surface area contributed by atoms with Crippen molar-refractivity contribution in [1.82, 2.24) is 10.2 Å². The van der Waals surface area contributed by atoms with Crippen molar-refractivity contribution in [3.05, 3.63) is 35.9 Å². The Morgan fingerprint density at radius 3 is 2.59 bits per heavy atom. The molecule has 1 aliphatic rings. The molecule has 3 nitrogen and oxygen atoms in total. The summed E-state index contributed by atoms with van der Waals surface area (Å²) in [6, 6.07) is 9.97. The summed E-state index contributed by atoms with van der Waals surface area (Å²) in [5.41, 5.74) is 1.11. The first-order chi connectivity index (χ1) is 8.27. The van der Waals surface area contributed by atoms with Gasteiger partial charge in [0.05, 0.1) is 0 Å². The van der Waals surface area contributed by atoms with Crippen LogP contribution in [0.25, 0.3) is 0 Å². The Morgan fingerprint density at radius 2 is 1.94 bits per heavy atom. The van der Waals surface area contributed by atoms with Crippen molar-refractivity contribution in [2.75, 3.05) is 26.2 Å². The van der Waals surface area contributed by atoms with Crippen LogP contribution in [0.1, 0.15) is 17.2 Å². The Balaban J connectivity index is 1.89. The molecule has 92 valence electrons. The van der Waals surface area contributed by atoms with Crippen molar-refractivity contribution in [1.29, 1.82) is 0 Å². The summed E-state index contributed by atoms with van der Waals surface area (Å²) in [5, 5.41) is 3.24. The maximum atomic E-state index is 12.0. The molecule has 1 heterocycles. The van der Waals surface area contributed by atoms with Crippen LogP contribution in [-0.4, -0.2) is 37.0 Å². The molecule has 0 aliphatic carbocycles. The van der Waals surface area contributed by atoms with Gasteiger partial charge >= 0.3 is 0 Å². The molecular formula is C13H18N2OS. The molecule has 2 rings (SSSR count). The third-order valence-corrected chi connectivity index (χ3v) is 3.50. The molecule has 1 saturated heterocycles. The summed E-state index contributed by atoms with van der Waals surface area (Å²) in [4.78, 5) is 14.0. The van der Waals surface area contributed by atoms with Gasteiger partial charge in [-0.1, -0.05) is 30.3 Å². The first-order valence-electron chi connectivity index (χ1n) is 5.99. The molecule has 17 heavy (non-hydrogen) atoms. The third-order valence-electron chi connectivity index (χ3n) is 3.02. The topological polar surface area (TPSA) is 32.3 Å². The zero-order valence-corrected chi connectivity index (χ0v) is 10.7. The van der Waals surface area contributed by atoms with Gasteiger partial charge in [0.25, 0.3) is 0 Å². The molecule has 1 aliphatic heterocycles. The second kappa shape index (κ2) is 6.07. The lowest BCUT2D eigenvalue weighted by molar-refractivity contribution is -0.131. The standard InChI is InChI=1S/C13H18N2OS/c16-13(15-8-6-14-7-9-15)10-12(17)11-4-2-1-3-5-11/h1-5,12,14,17H,6-10H2. The highest BCUT2D eigenvalue weighted by atomic mass is 32.1. The van der Waals surface area contributed by atoms with Crippen LogP contribution in [0.4, 0.5) is 0 Å². The molecule has 1 fully saturated rings. The Kier molecular flexibility index (Phi) is 4.45. The highest BCUT2D eigenvalue weighted by Crippen LogP contribution is 2.24. The monoisotopic (exact) mass is 250 g/mol. The minimum absolute atomic E-state index is 0.00131. The molecule has 0 spiro atoms. The maximum absolute atomic E-state index is 12.0. The molecule has 1 atom stereocenters. The van der Waals surface area contributed by atoms with Gasteiger partial charge < -0.3 is 10.2 Å². The fourth-order valence-electron chi connectivity index (χ4n) is 2.00. The zero-order chi connectivity index (χ0) is 12.1. The van der Waals surface area contributed by atoms with E-state index in [0.717, 1.165) is 31.7 Å². The van der Waals surface area contributed by atoms with Crippen LogP contribution in [0.5, 0.6) is 0 Å². The van der Waals surface area contributed by atoms with Crippen molar-refractivity contribution in [3.63, 3.8) is 0 Å². The van der Waals surface area contributed by atoms with Crippen LogP contribution in [0.15, 0.2) is 30.3 Å². The number of nitrogens with one attached hydrogen (secondary N) is 1. The van der Waals surface area contributed by atoms with Gasteiger partial charge in [0, 0.05) is 37.8 Å². The molecule has 1 N–H and O–H groups in total. The molecule has 1 amide bonds. The smallest absolute Gasteiger partial charge is 0.224 e. The van der Waals surface area contributed by atoms with Crippen LogP contribution in [-0.2, 0) is 4.79 Å². The summed E-state index contributed by atoms with van der Waals surface area (Å²) in [5.74, 6) is 0.204. The summed E-state index contributed by atoms with van der Waals surface area (Å²) in [7, 11) is 0. The molecule has 0 bridgehead atoms. The minimum Gasteiger partial charge on any atom is -0.340 e. The van der Waals surface area contributed by atoms with Crippen molar-refractivity contribution < 1.29 is 4.79 Å². The molecule has 1 unspecified atom stereocenters. The van der Waals surface area contributed by atoms with E-state index in [4.69, 9.17) is 0 Å². The predicted molar refractivity (Wildman–Crippen MR) is 72.2 cm³/mol. The van der Waals surface area contributed by atoms with E-state index in [0.29, 0.717) is 6.42 Å². The quantitative estimate of drug-likeness (QED) is 0.797. The molecule has 0 radical (unpaired) electrons. The van der Waals surface area contributed by atoms with Gasteiger partial charge in [-0.15, -0.1) is 0 Å². The number of nitrogens with zero attached hydrogens (tertiary/aromatic N) is 1. The highest BCUT2D eigenvalue weighted by molar-refractivity contribution is 7.80. The summed E-state index contributed by atoms with van der Waals surface area (Å²) in [6.45, 7) is 3.42. The molecule has 1 aromatic carbocycles. The number of amides is 1. The van der Waals surface area contributed by atoms with Gasteiger partial charge in [0.1, 0.15) is 0 Å². The van der Waals surface area contributed by atoms with Crippen molar-refractivity contribution >= 4 is 18.5 Å². The zero-order valence-electron chi connectivity index (χ0n) is 9.80. The second-order valence-corrected chi connectivity index (χ2v) is 4.88. The van der Waals surface area contributed by atoms with E-state index in [-0.39, 0.29) is 11.2 Å². The molecule has 4 heteroatoms. The molecular weight excluding hydrogens is 232 g/mol. The lowest BCUT2D eigenvalue weighted by atomic mass is 10.1. The van der Waals surface area contributed by atoms with E-state index >= 15 is 0 Å². The lowest BCUT2D eigenvalue weighted by Crippen LogP contribution is -2.46. The molecule has 0 saturated carbocycles. The normalized spacial score (nSPS) is 17.8. The maximum Gasteiger partial charge on any atom is 0.224 e. The average molecular weight is 250 g/mol. The van der Waals surface area contributed by atoms with E-state index in [2.05, 4.69) is 17.9 Å². The Bertz CT molecular complexity index is 363. The number of carbonyl (C=O) groups excluding carboxylic acids is 1. The molecule has 0 aromatic heterocycles. The number of hydrogen-bond acceptors (Lipinski definition) is 3. The number of hydrogen-bond donors (Lipinski definition) is 2. The number of carbonyl (C=O) groups is 1. The highest BCUT2D eigenvalue weighted by Gasteiger charge is 2.19. The first-order valence-corrected chi connectivity index (χ1v) is 6.50. The van der Waals surface area contributed by atoms with Crippen LogP contribution in [0.2, 0.25) is 0 Å². The Hall–Kier alpha value is -1.00. The summed E-state index contributed by atoms with van der Waals surface area (Å²) >= 11 is 4.52. The number of benzene rings is 1. The van der Waals surface area contributed by atoms with Gasteiger partial charge in [0.2, 0.25) is 5.91 Å². The third kappa shape index (κ3) is 3.48. The van der Waals surface area contributed by atoms with E-state index < -0.39 is 0 Å². The van der Waals surface area contributed by atoms with Gasteiger partial charge in [0.15, 0.2) is 0 Å². The van der Waals surface area contributed by atoms with Crippen LogP contribution in [0.3, 0.4) is 0 Å². The summed E-state index contributed by atoms with van der Waals surface area (Å²) in [6.07, 6.45) is 0.479. The SMILES string of the molecule is O=C(CC(S)c1ccccc1)N1CCNCC1. The van der Waals surface area contributed by atoms with E-state index in [1.54, 1.807) is 0 Å². The van der Waals surface area contributed by atoms with Crippen LogP contribution >= 0.6 is 12.6 Å². The van der Waals surface area contributed by atoms with Gasteiger partial charge in [-0.3, -0.25) is 4.79 Å². The fourth-order valence-corrected chi connectivity index (χ4v) is 2.33. The fraction of sp³-hybridized carbons (Fsp3) is 0.462. The number of rotatable bonds is 3. The number of thiol groups is 1. The molecule has 1 aromatic rings. The van der Waals surface area contributed by atoms with Crippen molar-refractivity contribution in [3.8, 4) is 0 Å². The second-order valence-electron chi connectivity index (χ2n) is 4.26. The van der Waals surface area contributed by atoms with Gasteiger partial charge in [-0.05, 0) is 5.56 Å².